The molecule has 0 atom stereocenters. The molecule has 0 saturated heterocycles. The Kier molecular flexibility index (Phi) is 3.00. The van der Waals surface area contributed by atoms with Crippen molar-refractivity contribution in [3.05, 3.63) is 64.0 Å². The van der Waals surface area contributed by atoms with Gasteiger partial charge in [-0.15, -0.1) is 0 Å². The number of nitrogens with zero attached hydrogens (tertiary/aromatic N) is 1. The van der Waals surface area contributed by atoms with Crippen molar-refractivity contribution in [3.8, 4) is 5.75 Å². The van der Waals surface area contributed by atoms with E-state index in [9.17, 15) is 4.39 Å². The maximum atomic E-state index is 13.3. The minimum absolute atomic E-state index is 0.202. The van der Waals surface area contributed by atoms with E-state index in [-0.39, 0.29) is 5.82 Å². The van der Waals surface area contributed by atoms with E-state index in [1.54, 1.807) is 6.07 Å². The first-order valence-electron chi connectivity index (χ1n) is 6.89. The van der Waals surface area contributed by atoms with Gasteiger partial charge in [-0.2, -0.15) is 0 Å². The lowest BCUT2D eigenvalue weighted by Crippen LogP contribution is -2.00. The molecule has 4 rings (SSSR count). The summed E-state index contributed by atoms with van der Waals surface area (Å²) >= 11 is 3.56. The number of aromatic nitrogens is 1. The molecule has 2 aromatic carbocycles. The van der Waals surface area contributed by atoms with Gasteiger partial charge in [0.05, 0.1) is 13.2 Å². The highest BCUT2D eigenvalue weighted by Crippen LogP contribution is 2.34. The normalized spacial score (nSPS) is 13.4. The molecule has 0 radical (unpaired) electrons. The lowest BCUT2D eigenvalue weighted by molar-refractivity contribution is 0.353. The molecule has 4 heteroatoms. The largest absolute Gasteiger partial charge is 0.493 e. The summed E-state index contributed by atoms with van der Waals surface area (Å²) in [5.41, 5.74) is 3.43. The smallest absolute Gasteiger partial charge is 0.127 e. The fraction of sp³-hybridized carbons (Fsp3) is 0.176. The second kappa shape index (κ2) is 4.88. The van der Waals surface area contributed by atoms with Gasteiger partial charge in [0.1, 0.15) is 11.6 Å². The highest BCUT2D eigenvalue weighted by atomic mass is 79.9. The van der Waals surface area contributed by atoms with E-state index in [4.69, 9.17) is 4.74 Å². The predicted octanol–water partition coefficient (Wildman–Crippen LogP) is 4.53. The minimum atomic E-state index is -0.202. The SMILES string of the molecule is Fc1ccc2c(ccn2Cc2cc(Br)cc3c2OCC3)c1. The lowest BCUT2D eigenvalue weighted by Gasteiger charge is -2.11. The number of rotatable bonds is 2. The van der Waals surface area contributed by atoms with Crippen LogP contribution in [-0.2, 0) is 13.0 Å². The Labute approximate surface area is 130 Å². The van der Waals surface area contributed by atoms with Crippen LogP contribution in [0.3, 0.4) is 0 Å². The van der Waals surface area contributed by atoms with Gasteiger partial charge < -0.3 is 9.30 Å². The lowest BCUT2D eigenvalue weighted by atomic mass is 10.1. The van der Waals surface area contributed by atoms with Crippen molar-refractivity contribution >= 4 is 26.8 Å². The minimum Gasteiger partial charge on any atom is -0.493 e. The highest BCUT2D eigenvalue weighted by Gasteiger charge is 2.18. The summed E-state index contributed by atoms with van der Waals surface area (Å²) in [7, 11) is 0. The van der Waals surface area contributed by atoms with Crippen LogP contribution in [0.2, 0.25) is 0 Å². The fourth-order valence-electron chi connectivity index (χ4n) is 2.96. The van der Waals surface area contributed by atoms with Gasteiger partial charge in [0.2, 0.25) is 0 Å². The predicted molar refractivity (Wildman–Crippen MR) is 84.3 cm³/mol. The van der Waals surface area contributed by atoms with Gasteiger partial charge in [0, 0.05) is 33.6 Å². The summed E-state index contributed by atoms with van der Waals surface area (Å²) in [6.45, 7) is 1.47. The highest BCUT2D eigenvalue weighted by molar-refractivity contribution is 9.10. The Morgan fingerprint density at radius 3 is 3.00 bits per heavy atom. The topological polar surface area (TPSA) is 14.2 Å². The third kappa shape index (κ3) is 2.23. The number of ether oxygens (including phenoxy) is 1. The van der Waals surface area contributed by atoms with Crippen molar-refractivity contribution in [1.82, 2.24) is 4.57 Å². The first-order chi connectivity index (χ1) is 10.2. The molecule has 0 N–H and O–H groups in total. The quantitative estimate of drug-likeness (QED) is 0.665. The summed E-state index contributed by atoms with van der Waals surface area (Å²) in [5, 5.41) is 0.919. The van der Waals surface area contributed by atoms with Gasteiger partial charge >= 0.3 is 0 Å². The standard InChI is InChI=1S/C17H13BrFNO/c18-14-7-12-4-6-21-17(12)13(8-14)10-20-5-3-11-9-15(19)1-2-16(11)20/h1-3,5,7-9H,4,6,10H2. The van der Waals surface area contributed by atoms with Crippen LogP contribution in [0.5, 0.6) is 5.75 Å². The maximum absolute atomic E-state index is 13.3. The molecule has 2 nitrogen and oxygen atoms in total. The molecule has 3 aromatic rings. The molecule has 0 unspecified atom stereocenters. The molecule has 2 heterocycles. The Morgan fingerprint density at radius 1 is 1.19 bits per heavy atom. The van der Waals surface area contributed by atoms with Crippen LogP contribution < -0.4 is 4.74 Å². The zero-order chi connectivity index (χ0) is 14.4. The van der Waals surface area contributed by atoms with Crippen molar-refractivity contribution in [2.75, 3.05) is 6.61 Å². The second-order valence-corrected chi connectivity index (χ2v) is 6.21. The number of benzene rings is 2. The van der Waals surface area contributed by atoms with Crippen molar-refractivity contribution < 1.29 is 9.13 Å². The Morgan fingerprint density at radius 2 is 2.10 bits per heavy atom. The van der Waals surface area contributed by atoms with Crippen LogP contribution in [0.15, 0.2) is 47.1 Å². The first kappa shape index (κ1) is 12.9. The van der Waals surface area contributed by atoms with Crippen LogP contribution in [0, 0.1) is 5.82 Å². The Balaban J connectivity index is 1.79. The van der Waals surface area contributed by atoms with E-state index in [0.717, 1.165) is 46.3 Å². The van der Waals surface area contributed by atoms with Crippen LogP contribution >= 0.6 is 15.9 Å². The van der Waals surface area contributed by atoms with Crippen LogP contribution in [0.4, 0.5) is 4.39 Å². The van der Waals surface area contributed by atoms with E-state index in [1.165, 1.54) is 11.6 Å². The molecular weight excluding hydrogens is 333 g/mol. The monoisotopic (exact) mass is 345 g/mol. The summed E-state index contributed by atoms with van der Waals surface area (Å²) in [4.78, 5) is 0. The van der Waals surface area contributed by atoms with Gasteiger partial charge in [-0.25, -0.2) is 4.39 Å². The molecule has 0 bridgehead atoms. The van der Waals surface area contributed by atoms with E-state index >= 15 is 0 Å². The molecule has 1 aliphatic heterocycles. The van der Waals surface area contributed by atoms with Gasteiger partial charge in [0.25, 0.3) is 0 Å². The maximum Gasteiger partial charge on any atom is 0.127 e. The third-order valence-corrected chi connectivity index (χ3v) is 4.36. The van der Waals surface area contributed by atoms with Gasteiger partial charge in [0.15, 0.2) is 0 Å². The number of fused-ring (bicyclic) bond motifs is 2. The van der Waals surface area contributed by atoms with Crippen LogP contribution in [0.1, 0.15) is 11.1 Å². The zero-order valence-corrected chi connectivity index (χ0v) is 12.9. The molecule has 0 spiro atoms. The van der Waals surface area contributed by atoms with Gasteiger partial charge in [-0.05, 0) is 42.0 Å². The van der Waals surface area contributed by atoms with Crippen LogP contribution in [-0.4, -0.2) is 11.2 Å². The Bertz CT molecular complexity index is 840. The van der Waals surface area contributed by atoms with Gasteiger partial charge in [-0.3, -0.25) is 0 Å². The first-order valence-corrected chi connectivity index (χ1v) is 7.68. The summed E-state index contributed by atoms with van der Waals surface area (Å²) < 4.78 is 22.2. The fourth-order valence-corrected chi connectivity index (χ4v) is 3.51. The zero-order valence-electron chi connectivity index (χ0n) is 11.3. The second-order valence-electron chi connectivity index (χ2n) is 5.30. The molecule has 0 fully saturated rings. The average molecular weight is 346 g/mol. The molecule has 21 heavy (non-hydrogen) atoms. The van der Waals surface area contributed by atoms with Crippen molar-refractivity contribution in [1.29, 1.82) is 0 Å². The molecule has 0 aliphatic carbocycles. The van der Waals surface area contributed by atoms with Gasteiger partial charge in [-0.1, -0.05) is 15.9 Å². The van der Waals surface area contributed by atoms with E-state index in [2.05, 4.69) is 32.6 Å². The van der Waals surface area contributed by atoms with Crippen molar-refractivity contribution in [2.45, 2.75) is 13.0 Å². The number of hydrogen-bond donors (Lipinski definition) is 0. The van der Waals surface area contributed by atoms with E-state index in [1.807, 2.05) is 18.3 Å². The molecule has 1 aliphatic rings. The van der Waals surface area contributed by atoms with Crippen LogP contribution in [0.25, 0.3) is 10.9 Å². The molecule has 0 saturated carbocycles. The van der Waals surface area contributed by atoms with E-state index < -0.39 is 0 Å². The summed E-state index contributed by atoms with van der Waals surface area (Å²) in [6, 6.07) is 11.0. The molecule has 106 valence electrons. The molecular formula is C17H13BrFNO. The average Bonchev–Trinajstić information content (AvgIpc) is 3.05. The number of halogens is 2. The number of hydrogen-bond acceptors (Lipinski definition) is 1. The molecule has 0 amide bonds. The van der Waals surface area contributed by atoms with Crippen molar-refractivity contribution in [3.63, 3.8) is 0 Å². The summed E-state index contributed by atoms with van der Waals surface area (Å²) in [6.07, 6.45) is 2.95. The Hall–Kier alpha value is -1.81. The van der Waals surface area contributed by atoms with E-state index in [0.29, 0.717) is 0 Å². The molecule has 1 aromatic heterocycles. The summed E-state index contributed by atoms with van der Waals surface area (Å²) in [5.74, 6) is 0.800. The van der Waals surface area contributed by atoms with Crippen molar-refractivity contribution in [2.24, 2.45) is 0 Å². The third-order valence-electron chi connectivity index (χ3n) is 3.90.